The molecule has 0 aliphatic carbocycles. The quantitative estimate of drug-likeness (QED) is 0.330. The molecular weight excluding hydrogens is 452 g/mol. The van der Waals surface area contributed by atoms with E-state index in [1.165, 1.54) is 25.9 Å². The number of aryl methyl sites for hydroxylation is 1. The minimum Gasteiger partial charge on any atom is -0.497 e. The van der Waals surface area contributed by atoms with E-state index in [0.717, 1.165) is 70.2 Å². The van der Waals surface area contributed by atoms with Gasteiger partial charge in [-0.1, -0.05) is 0 Å². The standard InChI is InChI=1S/C28H34N6O2/c1-20-27(15-23(35-3)16-28(20)36-4)34(13-7-12-33-10-5-6-11-33)22-8-9-24-25(14-22)31-26(18-29-24)21-17-30-32(2)19-21/h8-9,14-19H,5-7,10-13H2,1-4H3. The average molecular weight is 487 g/mol. The molecule has 5 rings (SSSR count). The molecule has 0 bridgehead atoms. The summed E-state index contributed by atoms with van der Waals surface area (Å²) in [5, 5.41) is 4.28. The SMILES string of the molecule is COc1cc(OC)c(C)c(N(CCCN2CCCC2)c2ccc3ncc(-c4cnn(C)c4)nc3c2)c1. The molecule has 1 aliphatic heterocycles. The van der Waals surface area contributed by atoms with Gasteiger partial charge in [-0.05, 0) is 64.0 Å². The van der Waals surface area contributed by atoms with E-state index in [1.807, 2.05) is 37.8 Å². The molecule has 1 fully saturated rings. The van der Waals surface area contributed by atoms with Crippen molar-refractivity contribution in [2.45, 2.75) is 26.2 Å². The molecule has 0 spiro atoms. The molecule has 0 saturated carbocycles. The molecule has 2 aromatic heterocycles. The summed E-state index contributed by atoms with van der Waals surface area (Å²) in [6.07, 6.45) is 9.24. The van der Waals surface area contributed by atoms with Crippen LogP contribution in [0.5, 0.6) is 11.5 Å². The zero-order valence-corrected chi connectivity index (χ0v) is 21.6. The molecular formula is C28H34N6O2. The Hall–Kier alpha value is -3.65. The van der Waals surface area contributed by atoms with Crippen LogP contribution in [0.2, 0.25) is 0 Å². The minimum absolute atomic E-state index is 0.774. The third-order valence-corrected chi connectivity index (χ3v) is 6.95. The van der Waals surface area contributed by atoms with Crippen LogP contribution in [0.4, 0.5) is 11.4 Å². The largest absolute Gasteiger partial charge is 0.497 e. The Balaban J connectivity index is 1.54. The lowest BCUT2D eigenvalue weighted by Crippen LogP contribution is -2.26. The molecule has 8 heteroatoms. The fourth-order valence-corrected chi connectivity index (χ4v) is 4.97. The van der Waals surface area contributed by atoms with Gasteiger partial charge in [0, 0.05) is 48.7 Å². The smallest absolute Gasteiger partial charge is 0.127 e. The average Bonchev–Trinajstić information content (AvgIpc) is 3.58. The minimum atomic E-state index is 0.774. The maximum atomic E-state index is 5.69. The summed E-state index contributed by atoms with van der Waals surface area (Å²) >= 11 is 0. The highest BCUT2D eigenvalue weighted by atomic mass is 16.5. The van der Waals surface area contributed by atoms with Gasteiger partial charge in [0.1, 0.15) is 11.5 Å². The van der Waals surface area contributed by atoms with Crippen LogP contribution >= 0.6 is 0 Å². The number of fused-ring (bicyclic) bond motifs is 1. The zero-order chi connectivity index (χ0) is 25.1. The number of nitrogens with zero attached hydrogens (tertiary/aromatic N) is 6. The number of aromatic nitrogens is 4. The monoisotopic (exact) mass is 486 g/mol. The summed E-state index contributed by atoms with van der Waals surface area (Å²) in [4.78, 5) is 14.5. The molecule has 1 saturated heterocycles. The van der Waals surface area contributed by atoms with E-state index in [1.54, 1.807) is 18.9 Å². The van der Waals surface area contributed by atoms with E-state index in [4.69, 9.17) is 14.5 Å². The molecule has 8 nitrogen and oxygen atoms in total. The van der Waals surface area contributed by atoms with Crippen molar-refractivity contribution in [2.75, 3.05) is 45.3 Å². The highest BCUT2D eigenvalue weighted by Gasteiger charge is 2.19. The Morgan fingerprint density at radius 3 is 2.56 bits per heavy atom. The van der Waals surface area contributed by atoms with Crippen molar-refractivity contribution in [3.05, 3.63) is 54.5 Å². The van der Waals surface area contributed by atoms with Crippen LogP contribution in [-0.2, 0) is 7.05 Å². The van der Waals surface area contributed by atoms with Crippen LogP contribution in [0, 0.1) is 6.92 Å². The van der Waals surface area contributed by atoms with Gasteiger partial charge in [-0.25, -0.2) is 4.98 Å². The molecule has 1 aliphatic rings. The number of hydrogen-bond donors (Lipinski definition) is 0. The van der Waals surface area contributed by atoms with Gasteiger partial charge in [0.05, 0.1) is 49.0 Å². The number of anilines is 2. The molecule has 0 N–H and O–H groups in total. The van der Waals surface area contributed by atoms with E-state index in [2.05, 4.69) is 45.0 Å². The van der Waals surface area contributed by atoms with Gasteiger partial charge in [0.25, 0.3) is 0 Å². The number of ether oxygens (including phenoxy) is 2. The predicted octanol–water partition coefficient (Wildman–Crippen LogP) is 4.98. The summed E-state index contributed by atoms with van der Waals surface area (Å²) in [5.41, 5.74) is 6.70. The van der Waals surface area contributed by atoms with E-state index < -0.39 is 0 Å². The Morgan fingerprint density at radius 2 is 1.83 bits per heavy atom. The first-order valence-corrected chi connectivity index (χ1v) is 12.5. The topological polar surface area (TPSA) is 68.5 Å². The van der Waals surface area contributed by atoms with Crippen LogP contribution < -0.4 is 14.4 Å². The fraction of sp³-hybridized carbons (Fsp3) is 0.393. The van der Waals surface area contributed by atoms with Crippen molar-refractivity contribution < 1.29 is 9.47 Å². The van der Waals surface area contributed by atoms with Crippen LogP contribution in [-0.4, -0.2) is 65.0 Å². The highest BCUT2D eigenvalue weighted by Crippen LogP contribution is 2.38. The molecule has 188 valence electrons. The van der Waals surface area contributed by atoms with Crippen LogP contribution in [0.25, 0.3) is 22.3 Å². The first kappa shape index (κ1) is 24.1. The zero-order valence-electron chi connectivity index (χ0n) is 21.6. The van der Waals surface area contributed by atoms with Crippen molar-refractivity contribution in [1.29, 1.82) is 0 Å². The van der Waals surface area contributed by atoms with Crippen molar-refractivity contribution in [3.63, 3.8) is 0 Å². The van der Waals surface area contributed by atoms with Crippen molar-refractivity contribution >= 4 is 22.4 Å². The first-order chi connectivity index (χ1) is 17.6. The molecule has 3 heterocycles. The molecule has 0 amide bonds. The third kappa shape index (κ3) is 4.99. The fourth-order valence-electron chi connectivity index (χ4n) is 4.97. The normalized spacial score (nSPS) is 13.9. The summed E-state index contributed by atoms with van der Waals surface area (Å²) < 4.78 is 13.1. The predicted molar refractivity (Wildman–Crippen MR) is 143 cm³/mol. The second kappa shape index (κ2) is 10.5. The number of hydrogen-bond acceptors (Lipinski definition) is 7. The van der Waals surface area contributed by atoms with Crippen LogP contribution in [0.3, 0.4) is 0 Å². The second-order valence-electron chi connectivity index (χ2n) is 9.36. The highest BCUT2D eigenvalue weighted by molar-refractivity contribution is 5.83. The molecule has 0 atom stereocenters. The summed E-state index contributed by atoms with van der Waals surface area (Å²) in [7, 11) is 5.30. The number of benzene rings is 2. The number of methoxy groups -OCH3 is 2. The summed E-state index contributed by atoms with van der Waals surface area (Å²) in [5.74, 6) is 1.59. The van der Waals surface area contributed by atoms with Crippen molar-refractivity contribution in [2.24, 2.45) is 7.05 Å². The molecule has 0 unspecified atom stereocenters. The molecule has 0 radical (unpaired) electrons. The van der Waals surface area contributed by atoms with E-state index in [9.17, 15) is 0 Å². The summed E-state index contributed by atoms with van der Waals surface area (Å²) in [6, 6.07) is 10.3. The number of likely N-dealkylation sites (tertiary alicyclic amines) is 1. The Morgan fingerprint density at radius 1 is 1.00 bits per heavy atom. The van der Waals surface area contributed by atoms with Crippen molar-refractivity contribution in [1.82, 2.24) is 24.6 Å². The lowest BCUT2D eigenvalue weighted by Gasteiger charge is -2.29. The lowest BCUT2D eigenvalue weighted by molar-refractivity contribution is 0.335. The second-order valence-corrected chi connectivity index (χ2v) is 9.36. The van der Waals surface area contributed by atoms with Gasteiger partial charge in [-0.15, -0.1) is 0 Å². The van der Waals surface area contributed by atoms with Gasteiger partial charge in [-0.3, -0.25) is 9.67 Å². The molecule has 2 aromatic carbocycles. The Labute approximate surface area is 212 Å². The third-order valence-electron chi connectivity index (χ3n) is 6.95. The van der Waals surface area contributed by atoms with E-state index in [-0.39, 0.29) is 0 Å². The van der Waals surface area contributed by atoms with E-state index >= 15 is 0 Å². The maximum Gasteiger partial charge on any atom is 0.127 e. The van der Waals surface area contributed by atoms with Gasteiger partial charge in [0.15, 0.2) is 0 Å². The molecule has 4 aromatic rings. The first-order valence-electron chi connectivity index (χ1n) is 12.5. The van der Waals surface area contributed by atoms with Gasteiger partial charge < -0.3 is 19.3 Å². The maximum absolute atomic E-state index is 5.69. The van der Waals surface area contributed by atoms with Crippen molar-refractivity contribution in [3.8, 4) is 22.8 Å². The van der Waals surface area contributed by atoms with Crippen LogP contribution in [0.15, 0.2) is 48.9 Å². The Kier molecular flexibility index (Phi) is 7.04. The Bertz CT molecular complexity index is 1350. The number of rotatable bonds is 9. The van der Waals surface area contributed by atoms with Gasteiger partial charge >= 0.3 is 0 Å². The van der Waals surface area contributed by atoms with Gasteiger partial charge in [-0.2, -0.15) is 5.10 Å². The van der Waals surface area contributed by atoms with E-state index in [0.29, 0.717) is 0 Å². The van der Waals surface area contributed by atoms with Crippen LogP contribution in [0.1, 0.15) is 24.8 Å². The lowest BCUT2D eigenvalue weighted by atomic mass is 10.1. The summed E-state index contributed by atoms with van der Waals surface area (Å²) in [6.45, 7) is 6.47. The molecule has 36 heavy (non-hydrogen) atoms. The van der Waals surface area contributed by atoms with Gasteiger partial charge in [0.2, 0.25) is 0 Å².